The summed E-state index contributed by atoms with van der Waals surface area (Å²) in [4.78, 5) is 15.7. The van der Waals surface area contributed by atoms with Gasteiger partial charge in [0, 0.05) is 37.5 Å². The minimum atomic E-state index is 0. The van der Waals surface area contributed by atoms with E-state index in [0.29, 0.717) is 25.5 Å². The minimum absolute atomic E-state index is 0. The Morgan fingerprint density at radius 3 is 2.60 bits per heavy atom. The van der Waals surface area contributed by atoms with Crippen LogP contribution in [0.1, 0.15) is 31.1 Å². The van der Waals surface area contributed by atoms with Gasteiger partial charge in [-0.3, -0.25) is 9.79 Å². The van der Waals surface area contributed by atoms with Crippen molar-refractivity contribution in [2.75, 3.05) is 20.1 Å². The highest BCUT2D eigenvalue weighted by atomic mass is 127. The van der Waals surface area contributed by atoms with Gasteiger partial charge in [0.05, 0.1) is 6.54 Å². The van der Waals surface area contributed by atoms with Crippen LogP contribution in [0.2, 0.25) is 0 Å². The van der Waals surface area contributed by atoms with Gasteiger partial charge in [-0.15, -0.1) is 24.0 Å². The molecule has 1 aromatic carbocycles. The summed E-state index contributed by atoms with van der Waals surface area (Å²) in [7, 11) is 1.71. The van der Waals surface area contributed by atoms with E-state index in [4.69, 9.17) is 4.42 Å². The van der Waals surface area contributed by atoms with Crippen molar-refractivity contribution in [3.63, 3.8) is 0 Å². The minimum Gasteiger partial charge on any atom is -0.459 e. The molecule has 0 saturated heterocycles. The van der Waals surface area contributed by atoms with Crippen LogP contribution in [-0.2, 0) is 11.3 Å². The van der Waals surface area contributed by atoms with Gasteiger partial charge in [-0.1, -0.05) is 25.1 Å². The zero-order chi connectivity index (χ0) is 17.4. The van der Waals surface area contributed by atoms with Gasteiger partial charge in [0.15, 0.2) is 5.96 Å². The lowest BCUT2D eigenvalue weighted by Crippen LogP contribution is -2.39. The second kappa shape index (κ2) is 11.0. The van der Waals surface area contributed by atoms with Crippen molar-refractivity contribution in [3.8, 4) is 0 Å². The van der Waals surface area contributed by atoms with Crippen LogP contribution in [0, 0.1) is 6.92 Å². The molecule has 0 unspecified atom stereocenters. The molecule has 7 heteroatoms. The molecule has 1 heterocycles. The smallest absolute Gasteiger partial charge is 0.221 e. The summed E-state index contributed by atoms with van der Waals surface area (Å²) in [6.45, 7) is 5.88. The number of carbonyl (C=O) groups is 1. The van der Waals surface area contributed by atoms with Crippen LogP contribution < -0.4 is 16.0 Å². The number of aliphatic imine (C=N–C) groups is 1. The largest absolute Gasteiger partial charge is 0.459 e. The first-order valence-corrected chi connectivity index (χ1v) is 8.34. The van der Waals surface area contributed by atoms with E-state index in [1.807, 2.05) is 25.1 Å². The topological polar surface area (TPSA) is 78.7 Å². The molecular weight excluding hydrogens is 431 g/mol. The Morgan fingerprint density at radius 1 is 1.16 bits per heavy atom. The third kappa shape index (κ3) is 6.22. The highest BCUT2D eigenvalue weighted by molar-refractivity contribution is 14.0. The summed E-state index contributed by atoms with van der Waals surface area (Å²) in [6, 6.07) is 7.99. The number of hydrogen-bond acceptors (Lipinski definition) is 3. The summed E-state index contributed by atoms with van der Waals surface area (Å²) < 4.78 is 5.87. The molecule has 0 aliphatic heterocycles. The third-order valence-corrected chi connectivity index (χ3v) is 3.80. The Bertz CT molecular complexity index is 712. The second-order valence-corrected chi connectivity index (χ2v) is 5.60. The van der Waals surface area contributed by atoms with E-state index < -0.39 is 0 Å². The standard InChI is InChI=1S/C18H26N4O2.HI/c1-4-10-20-17(23)9-11-21-18(19-3)22-12-16-13(2)14-7-5-6-8-15(14)24-16;/h5-8H,4,9-12H2,1-3H3,(H,20,23)(H2,19,21,22);1H. The van der Waals surface area contributed by atoms with Gasteiger partial charge < -0.3 is 20.4 Å². The number of carbonyl (C=O) groups excluding carboxylic acids is 1. The van der Waals surface area contributed by atoms with Crippen LogP contribution in [-0.4, -0.2) is 32.0 Å². The lowest BCUT2D eigenvalue weighted by Gasteiger charge is -2.11. The summed E-state index contributed by atoms with van der Waals surface area (Å²) in [5.74, 6) is 1.59. The molecule has 1 aromatic heterocycles. The van der Waals surface area contributed by atoms with Gasteiger partial charge >= 0.3 is 0 Å². The number of amides is 1. The molecular formula is C18H27IN4O2. The maximum absolute atomic E-state index is 11.6. The molecule has 0 bridgehead atoms. The highest BCUT2D eigenvalue weighted by Gasteiger charge is 2.10. The molecule has 2 aromatic rings. The van der Waals surface area contributed by atoms with Crippen molar-refractivity contribution in [3.05, 3.63) is 35.6 Å². The van der Waals surface area contributed by atoms with E-state index in [1.54, 1.807) is 7.05 Å². The quantitative estimate of drug-likeness (QED) is 0.339. The first-order chi connectivity index (χ1) is 11.7. The molecule has 0 aliphatic carbocycles. The van der Waals surface area contributed by atoms with Crippen LogP contribution in [0.3, 0.4) is 0 Å². The molecule has 0 radical (unpaired) electrons. The van der Waals surface area contributed by atoms with Gasteiger partial charge in [0.2, 0.25) is 5.91 Å². The van der Waals surface area contributed by atoms with Gasteiger partial charge in [-0.05, 0) is 19.4 Å². The monoisotopic (exact) mass is 458 g/mol. The van der Waals surface area contributed by atoms with Gasteiger partial charge in [-0.25, -0.2) is 0 Å². The SMILES string of the molecule is CCCNC(=O)CCNC(=NC)NCc1oc2ccccc2c1C.I. The maximum atomic E-state index is 11.6. The predicted molar refractivity (Wildman–Crippen MR) is 112 cm³/mol. The summed E-state index contributed by atoms with van der Waals surface area (Å²) in [5, 5.41) is 10.3. The van der Waals surface area contributed by atoms with E-state index >= 15 is 0 Å². The molecule has 138 valence electrons. The first kappa shape index (κ1) is 21.3. The van der Waals surface area contributed by atoms with Crippen molar-refractivity contribution >= 4 is 46.8 Å². The number of aryl methyl sites for hydroxylation is 1. The van der Waals surface area contributed by atoms with Crippen LogP contribution >= 0.6 is 24.0 Å². The van der Waals surface area contributed by atoms with Crippen molar-refractivity contribution < 1.29 is 9.21 Å². The normalized spacial score (nSPS) is 11.1. The number of nitrogens with one attached hydrogen (secondary N) is 3. The Hall–Kier alpha value is -1.77. The van der Waals surface area contributed by atoms with Crippen molar-refractivity contribution in [2.45, 2.75) is 33.2 Å². The molecule has 0 saturated carbocycles. The van der Waals surface area contributed by atoms with Crippen LogP contribution in [0.25, 0.3) is 11.0 Å². The number of guanidine groups is 1. The number of para-hydroxylation sites is 1. The van der Waals surface area contributed by atoms with Crippen molar-refractivity contribution in [1.29, 1.82) is 0 Å². The van der Waals surface area contributed by atoms with E-state index in [9.17, 15) is 4.79 Å². The number of furan rings is 1. The van der Waals surface area contributed by atoms with Crippen LogP contribution in [0.5, 0.6) is 0 Å². The average Bonchev–Trinajstić information content (AvgIpc) is 2.92. The Kier molecular flexibility index (Phi) is 9.33. The Labute approximate surface area is 165 Å². The lowest BCUT2D eigenvalue weighted by atomic mass is 10.1. The second-order valence-electron chi connectivity index (χ2n) is 5.60. The van der Waals surface area contributed by atoms with E-state index in [1.165, 1.54) is 0 Å². The molecule has 6 nitrogen and oxygen atoms in total. The van der Waals surface area contributed by atoms with Crippen molar-refractivity contribution in [2.24, 2.45) is 4.99 Å². The maximum Gasteiger partial charge on any atom is 0.221 e. The van der Waals surface area contributed by atoms with Crippen molar-refractivity contribution in [1.82, 2.24) is 16.0 Å². The van der Waals surface area contributed by atoms with E-state index in [2.05, 4.69) is 33.9 Å². The summed E-state index contributed by atoms with van der Waals surface area (Å²) in [5.41, 5.74) is 2.02. The molecule has 3 N–H and O–H groups in total. The molecule has 1 amide bonds. The summed E-state index contributed by atoms with van der Waals surface area (Å²) >= 11 is 0. The van der Waals surface area contributed by atoms with Crippen LogP contribution in [0.15, 0.2) is 33.7 Å². The number of rotatable bonds is 7. The molecule has 2 rings (SSSR count). The highest BCUT2D eigenvalue weighted by Crippen LogP contribution is 2.24. The van der Waals surface area contributed by atoms with E-state index in [0.717, 1.165) is 35.3 Å². The molecule has 0 fully saturated rings. The molecule has 25 heavy (non-hydrogen) atoms. The third-order valence-electron chi connectivity index (χ3n) is 3.80. The molecule has 0 atom stereocenters. The fraction of sp³-hybridized carbons (Fsp3) is 0.444. The van der Waals surface area contributed by atoms with Gasteiger partial charge in [0.25, 0.3) is 0 Å². The Balaban J connectivity index is 0.00000312. The van der Waals surface area contributed by atoms with Crippen LogP contribution in [0.4, 0.5) is 0 Å². The number of fused-ring (bicyclic) bond motifs is 1. The molecule has 0 spiro atoms. The first-order valence-electron chi connectivity index (χ1n) is 8.34. The zero-order valence-corrected chi connectivity index (χ0v) is 17.3. The summed E-state index contributed by atoms with van der Waals surface area (Å²) in [6.07, 6.45) is 1.36. The number of hydrogen-bond donors (Lipinski definition) is 3. The predicted octanol–water partition coefficient (Wildman–Crippen LogP) is 2.94. The fourth-order valence-electron chi connectivity index (χ4n) is 2.43. The molecule has 0 aliphatic rings. The van der Waals surface area contributed by atoms with Gasteiger partial charge in [0.1, 0.15) is 11.3 Å². The lowest BCUT2D eigenvalue weighted by molar-refractivity contribution is -0.120. The number of nitrogens with zero attached hydrogens (tertiary/aromatic N) is 1. The fourth-order valence-corrected chi connectivity index (χ4v) is 2.43. The van der Waals surface area contributed by atoms with E-state index in [-0.39, 0.29) is 29.9 Å². The average molecular weight is 458 g/mol. The Morgan fingerprint density at radius 2 is 1.92 bits per heavy atom. The van der Waals surface area contributed by atoms with Gasteiger partial charge in [-0.2, -0.15) is 0 Å². The zero-order valence-electron chi connectivity index (χ0n) is 15.0. The number of halogens is 1. The number of benzene rings is 1.